The van der Waals surface area contributed by atoms with Gasteiger partial charge in [0.05, 0.1) is 12.2 Å². The molecule has 0 spiro atoms. The van der Waals surface area contributed by atoms with E-state index in [1.54, 1.807) is 13.0 Å². The van der Waals surface area contributed by atoms with Crippen LogP contribution in [0.1, 0.15) is 32.6 Å². The third-order valence-corrected chi connectivity index (χ3v) is 3.20. The zero-order valence-corrected chi connectivity index (χ0v) is 13.9. The lowest BCUT2D eigenvalue weighted by Crippen LogP contribution is -2.13. The summed E-state index contributed by atoms with van der Waals surface area (Å²) in [6.45, 7) is 13.2. The molecule has 2 unspecified atom stereocenters. The van der Waals surface area contributed by atoms with Crippen molar-refractivity contribution in [1.29, 1.82) is 0 Å². The Morgan fingerprint density at radius 2 is 1.67 bits per heavy atom. The summed E-state index contributed by atoms with van der Waals surface area (Å²) >= 11 is 10.7. The van der Waals surface area contributed by atoms with Gasteiger partial charge in [-0.2, -0.15) is 0 Å². The van der Waals surface area contributed by atoms with E-state index >= 15 is 0 Å². The molecule has 0 rings (SSSR count). The van der Waals surface area contributed by atoms with Gasteiger partial charge in [-0.25, -0.2) is 4.99 Å². The van der Waals surface area contributed by atoms with Gasteiger partial charge in [0.1, 0.15) is 0 Å². The molecule has 0 aliphatic rings. The molecule has 118 valence electrons. The first-order chi connectivity index (χ1) is 9.73. The summed E-state index contributed by atoms with van der Waals surface area (Å²) in [6, 6.07) is 0. The van der Waals surface area contributed by atoms with Gasteiger partial charge in [0, 0.05) is 6.20 Å². The number of nitrogens with zero attached hydrogens (tertiary/aromatic N) is 1. The highest BCUT2D eigenvalue weighted by Crippen LogP contribution is 2.18. The molecule has 0 radical (unpaired) electrons. The molecule has 0 bridgehead atoms. The monoisotopic (exact) mass is 331 g/mol. The first-order valence-corrected chi connectivity index (χ1v) is 7.42. The molecule has 3 nitrogen and oxygen atoms in total. The van der Waals surface area contributed by atoms with E-state index in [-0.39, 0.29) is 4.63 Å². The maximum atomic E-state index is 9.99. The molecule has 0 amide bonds. The molecule has 2 N–H and O–H groups in total. The SMILES string of the molecule is C=C(/C=C/N=C(Cl)Cl)CCC(O)C(=C)CCC(O)C(=C)C. The summed E-state index contributed by atoms with van der Waals surface area (Å²) in [5.41, 5.74) is 2.23. The number of hydrogen-bond acceptors (Lipinski definition) is 3. The number of rotatable bonds is 10. The Bertz CT molecular complexity index is 438. The van der Waals surface area contributed by atoms with Crippen molar-refractivity contribution in [2.24, 2.45) is 4.99 Å². The van der Waals surface area contributed by atoms with Gasteiger partial charge in [0.2, 0.25) is 0 Å². The van der Waals surface area contributed by atoms with E-state index in [4.69, 9.17) is 23.2 Å². The maximum Gasteiger partial charge on any atom is 0.196 e. The van der Waals surface area contributed by atoms with Crippen LogP contribution in [0.2, 0.25) is 0 Å². The van der Waals surface area contributed by atoms with Gasteiger partial charge in [0.25, 0.3) is 0 Å². The number of halogens is 2. The molecule has 0 aliphatic carbocycles. The van der Waals surface area contributed by atoms with Crippen LogP contribution < -0.4 is 0 Å². The van der Waals surface area contributed by atoms with E-state index in [1.807, 2.05) is 0 Å². The fraction of sp³-hybridized carbons (Fsp3) is 0.438. The largest absolute Gasteiger partial charge is 0.389 e. The summed E-state index contributed by atoms with van der Waals surface area (Å²) in [7, 11) is 0. The van der Waals surface area contributed by atoms with Crippen molar-refractivity contribution in [1.82, 2.24) is 0 Å². The highest BCUT2D eigenvalue weighted by atomic mass is 35.5. The van der Waals surface area contributed by atoms with Crippen LogP contribution >= 0.6 is 23.2 Å². The topological polar surface area (TPSA) is 52.8 Å². The smallest absolute Gasteiger partial charge is 0.196 e. The number of aliphatic hydroxyl groups is 2. The average Bonchev–Trinajstić information content (AvgIpc) is 2.40. The molecule has 0 fully saturated rings. The maximum absolute atomic E-state index is 9.99. The molecule has 21 heavy (non-hydrogen) atoms. The van der Waals surface area contributed by atoms with Gasteiger partial charge >= 0.3 is 0 Å². The normalized spacial score (nSPS) is 13.8. The van der Waals surface area contributed by atoms with Crippen LogP contribution in [0.5, 0.6) is 0 Å². The second kappa shape index (κ2) is 10.8. The van der Waals surface area contributed by atoms with E-state index < -0.39 is 12.2 Å². The van der Waals surface area contributed by atoms with Crippen LogP contribution in [0.3, 0.4) is 0 Å². The molecule has 0 aliphatic heterocycles. The van der Waals surface area contributed by atoms with Crippen molar-refractivity contribution in [3.63, 3.8) is 0 Å². The Morgan fingerprint density at radius 1 is 1.10 bits per heavy atom. The second-order valence-corrected chi connectivity index (χ2v) is 5.87. The van der Waals surface area contributed by atoms with Crippen molar-refractivity contribution in [2.75, 3.05) is 0 Å². The number of aliphatic hydroxyl groups excluding tert-OH is 2. The Morgan fingerprint density at radius 3 is 2.19 bits per heavy atom. The molecule has 0 saturated carbocycles. The number of allylic oxidation sites excluding steroid dienone is 2. The summed E-state index contributed by atoms with van der Waals surface area (Å²) in [5, 5.41) is 19.6. The standard InChI is InChI=1S/C16H23Cl2NO2/c1-11(2)14(20)8-6-13(4)15(21)7-5-12(3)9-10-19-16(17)18/h9-10,14-15,20-21H,1,3-8H2,2H3/b10-9+. The first-order valence-electron chi connectivity index (χ1n) is 6.66. The van der Waals surface area contributed by atoms with E-state index in [9.17, 15) is 10.2 Å². The highest BCUT2D eigenvalue weighted by molar-refractivity contribution is 6.95. The lowest BCUT2D eigenvalue weighted by atomic mass is 9.97. The molecular formula is C16H23Cl2NO2. The highest BCUT2D eigenvalue weighted by Gasteiger charge is 2.11. The minimum absolute atomic E-state index is 0.0662. The van der Waals surface area contributed by atoms with Crippen molar-refractivity contribution in [3.05, 3.63) is 48.7 Å². The molecule has 2 atom stereocenters. The summed E-state index contributed by atoms with van der Waals surface area (Å²) in [6.07, 6.45) is 4.18. The Hall–Kier alpha value is -0.870. The molecule has 5 heteroatoms. The number of aliphatic imine (C=N–C) groups is 1. The van der Waals surface area contributed by atoms with Crippen LogP contribution in [-0.4, -0.2) is 27.1 Å². The van der Waals surface area contributed by atoms with Gasteiger partial charge < -0.3 is 10.2 Å². The first kappa shape index (κ1) is 20.1. The predicted molar refractivity (Wildman–Crippen MR) is 91.9 cm³/mol. The van der Waals surface area contributed by atoms with Gasteiger partial charge in [-0.3, -0.25) is 0 Å². The lowest BCUT2D eigenvalue weighted by molar-refractivity contribution is 0.179. The summed E-state index contributed by atoms with van der Waals surface area (Å²) < 4.78 is -0.0662. The van der Waals surface area contributed by atoms with E-state index in [2.05, 4.69) is 24.7 Å². The van der Waals surface area contributed by atoms with Crippen LogP contribution in [0.4, 0.5) is 0 Å². The van der Waals surface area contributed by atoms with Crippen LogP contribution in [0.25, 0.3) is 0 Å². The van der Waals surface area contributed by atoms with E-state index in [0.717, 1.165) is 5.57 Å². The lowest BCUT2D eigenvalue weighted by Gasteiger charge is -2.16. The van der Waals surface area contributed by atoms with E-state index in [1.165, 1.54) is 6.20 Å². The molecule has 0 aromatic heterocycles. The van der Waals surface area contributed by atoms with Gasteiger partial charge in [-0.05, 0) is 67.5 Å². The van der Waals surface area contributed by atoms with Crippen molar-refractivity contribution in [3.8, 4) is 0 Å². The molecule has 0 aromatic carbocycles. The Kier molecular flexibility index (Phi) is 10.4. The average molecular weight is 332 g/mol. The van der Waals surface area contributed by atoms with Crippen LogP contribution in [-0.2, 0) is 0 Å². The number of hydrogen-bond donors (Lipinski definition) is 2. The zero-order chi connectivity index (χ0) is 16.4. The van der Waals surface area contributed by atoms with Gasteiger partial charge in [-0.1, -0.05) is 30.9 Å². The third-order valence-electron chi connectivity index (χ3n) is 3.00. The fourth-order valence-electron chi connectivity index (χ4n) is 1.54. The molecular weight excluding hydrogens is 309 g/mol. The second-order valence-electron chi connectivity index (χ2n) is 4.96. The quantitative estimate of drug-likeness (QED) is 0.356. The molecule has 0 heterocycles. The third kappa shape index (κ3) is 10.5. The minimum atomic E-state index is -0.618. The van der Waals surface area contributed by atoms with Crippen LogP contribution in [0, 0.1) is 0 Å². The van der Waals surface area contributed by atoms with Crippen molar-refractivity contribution < 1.29 is 10.2 Å². The minimum Gasteiger partial charge on any atom is -0.389 e. The van der Waals surface area contributed by atoms with E-state index in [0.29, 0.717) is 36.8 Å². The van der Waals surface area contributed by atoms with Crippen molar-refractivity contribution >= 4 is 27.8 Å². The van der Waals surface area contributed by atoms with Gasteiger partial charge in [-0.15, -0.1) is 0 Å². The zero-order valence-electron chi connectivity index (χ0n) is 12.4. The molecule has 0 aromatic rings. The fourth-order valence-corrected chi connectivity index (χ4v) is 1.66. The van der Waals surface area contributed by atoms with Gasteiger partial charge in [0.15, 0.2) is 4.63 Å². The Balaban J connectivity index is 4.08. The summed E-state index contributed by atoms with van der Waals surface area (Å²) in [4.78, 5) is 3.68. The van der Waals surface area contributed by atoms with Crippen LogP contribution in [0.15, 0.2) is 53.7 Å². The summed E-state index contributed by atoms with van der Waals surface area (Å²) in [5.74, 6) is 0. The predicted octanol–water partition coefficient (Wildman–Crippen LogP) is 4.30. The van der Waals surface area contributed by atoms with Crippen molar-refractivity contribution in [2.45, 2.75) is 44.8 Å². The molecule has 0 saturated heterocycles. The Labute approximate surface area is 137 Å².